The zero-order valence-electron chi connectivity index (χ0n) is 14.6. The zero-order chi connectivity index (χ0) is 19.0. The van der Waals surface area contributed by atoms with Crippen LogP contribution in [0.2, 0.25) is 0 Å². The van der Waals surface area contributed by atoms with Crippen molar-refractivity contribution >= 4 is 17.4 Å². The number of halogens is 1. The third kappa shape index (κ3) is 3.28. The molecule has 1 aliphatic rings. The minimum atomic E-state index is -0.410. The number of aromatic nitrogens is 3. The summed E-state index contributed by atoms with van der Waals surface area (Å²) in [5, 5.41) is 23.4. The summed E-state index contributed by atoms with van der Waals surface area (Å²) < 4.78 is 20.6. The van der Waals surface area contributed by atoms with Crippen LogP contribution in [0.5, 0.6) is 5.75 Å². The Kier molecular flexibility index (Phi) is 4.36. The minimum Gasteiger partial charge on any atom is -0.508 e. The maximum absolute atomic E-state index is 13.5. The Morgan fingerprint density at radius 1 is 1.37 bits per heavy atom. The summed E-state index contributed by atoms with van der Waals surface area (Å²) in [7, 11) is 1.80. The molecule has 1 atom stereocenters. The normalized spacial score (nSPS) is 16.4. The predicted molar refractivity (Wildman–Crippen MR) is 96.5 cm³/mol. The summed E-state index contributed by atoms with van der Waals surface area (Å²) in [6.45, 7) is 0.517. The van der Waals surface area contributed by atoms with E-state index in [0.717, 1.165) is 0 Å². The van der Waals surface area contributed by atoms with E-state index in [0.29, 0.717) is 35.1 Å². The number of nitrogens with zero attached hydrogens (tertiary/aromatic N) is 5. The molecule has 0 amide bonds. The smallest absolute Gasteiger partial charge is 0.222 e. The lowest BCUT2D eigenvalue weighted by atomic mass is 10.2. The number of fused-ring (bicyclic) bond motifs is 1. The van der Waals surface area contributed by atoms with Crippen molar-refractivity contribution in [2.75, 3.05) is 25.2 Å². The highest BCUT2D eigenvalue weighted by Crippen LogP contribution is 2.23. The standard InChI is InChI=1S/C18H18FN5O3/c1-23(8-11-6-12(19)2-3-15(11)26)16-4-5-24-17(22-16)14(7-20-24)18-21-13(9-25)10-27-18/h2-7,13,25-26H,8-10H2,1H3. The molecule has 0 spiro atoms. The van der Waals surface area contributed by atoms with Gasteiger partial charge in [-0.25, -0.2) is 18.9 Å². The Bertz CT molecular complexity index is 1020. The van der Waals surface area contributed by atoms with Crippen LogP contribution in [0.4, 0.5) is 10.2 Å². The minimum absolute atomic E-state index is 0.0260. The molecule has 140 valence electrons. The number of aliphatic imine (C=N–C) groups is 1. The second-order valence-electron chi connectivity index (χ2n) is 6.32. The number of aliphatic hydroxyl groups excluding tert-OH is 1. The summed E-state index contributed by atoms with van der Waals surface area (Å²) >= 11 is 0. The average Bonchev–Trinajstić information content (AvgIpc) is 3.30. The average molecular weight is 371 g/mol. The van der Waals surface area contributed by atoms with Gasteiger partial charge in [0.25, 0.3) is 0 Å². The summed E-state index contributed by atoms with van der Waals surface area (Å²) in [4.78, 5) is 10.7. The lowest BCUT2D eigenvalue weighted by Crippen LogP contribution is -2.18. The molecule has 3 heterocycles. The highest BCUT2D eigenvalue weighted by molar-refractivity contribution is 6.00. The molecule has 2 N–H and O–H groups in total. The van der Waals surface area contributed by atoms with Crippen LogP contribution in [0.3, 0.4) is 0 Å². The molecule has 1 aliphatic heterocycles. The van der Waals surface area contributed by atoms with Crippen LogP contribution >= 0.6 is 0 Å². The number of hydrogen-bond acceptors (Lipinski definition) is 7. The molecule has 0 fully saturated rings. The molecular weight excluding hydrogens is 353 g/mol. The molecule has 0 aliphatic carbocycles. The fraction of sp³-hybridized carbons (Fsp3) is 0.278. The second-order valence-corrected chi connectivity index (χ2v) is 6.32. The molecule has 0 bridgehead atoms. The first kappa shape index (κ1) is 17.2. The second kappa shape index (κ2) is 6.84. The first-order chi connectivity index (χ1) is 13.0. The van der Waals surface area contributed by atoms with E-state index in [4.69, 9.17) is 4.74 Å². The first-order valence-electron chi connectivity index (χ1n) is 8.40. The number of rotatable bonds is 5. The number of phenols is 1. The fourth-order valence-corrected chi connectivity index (χ4v) is 2.90. The summed E-state index contributed by atoms with van der Waals surface area (Å²) in [6.07, 6.45) is 3.37. The highest BCUT2D eigenvalue weighted by Gasteiger charge is 2.23. The summed E-state index contributed by atoms with van der Waals surface area (Å²) in [6, 6.07) is 5.33. The molecule has 0 radical (unpaired) electrons. The summed E-state index contributed by atoms with van der Waals surface area (Å²) in [5.74, 6) is 0.634. The van der Waals surface area contributed by atoms with Crippen LogP contribution in [-0.2, 0) is 11.3 Å². The number of aromatic hydroxyl groups is 1. The van der Waals surface area contributed by atoms with Gasteiger partial charge in [0.2, 0.25) is 5.90 Å². The third-order valence-corrected chi connectivity index (χ3v) is 4.35. The Morgan fingerprint density at radius 2 is 2.22 bits per heavy atom. The van der Waals surface area contributed by atoms with E-state index >= 15 is 0 Å². The highest BCUT2D eigenvalue weighted by atomic mass is 19.1. The van der Waals surface area contributed by atoms with Crippen molar-refractivity contribution < 1.29 is 19.3 Å². The van der Waals surface area contributed by atoms with Crippen molar-refractivity contribution in [1.82, 2.24) is 14.6 Å². The van der Waals surface area contributed by atoms with Crippen LogP contribution in [0.1, 0.15) is 11.1 Å². The van der Waals surface area contributed by atoms with E-state index in [1.807, 2.05) is 0 Å². The van der Waals surface area contributed by atoms with Crippen LogP contribution in [0, 0.1) is 5.82 Å². The SMILES string of the molecule is CN(Cc1cc(F)ccc1O)c1ccn2ncc(C3=NC(CO)CO3)c2n1. The van der Waals surface area contributed by atoms with E-state index in [-0.39, 0.29) is 24.9 Å². The van der Waals surface area contributed by atoms with Crippen molar-refractivity contribution in [2.24, 2.45) is 4.99 Å². The molecule has 4 rings (SSSR count). The molecule has 1 aromatic carbocycles. The number of anilines is 1. The van der Waals surface area contributed by atoms with Crippen LogP contribution < -0.4 is 4.90 Å². The molecule has 8 nitrogen and oxygen atoms in total. The van der Waals surface area contributed by atoms with Gasteiger partial charge < -0.3 is 19.8 Å². The van der Waals surface area contributed by atoms with Gasteiger partial charge in [0.1, 0.15) is 35.6 Å². The maximum atomic E-state index is 13.5. The summed E-state index contributed by atoms with van der Waals surface area (Å²) in [5.41, 5.74) is 1.65. The van der Waals surface area contributed by atoms with E-state index in [2.05, 4.69) is 15.1 Å². The first-order valence-corrected chi connectivity index (χ1v) is 8.40. The van der Waals surface area contributed by atoms with Gasteiger partial charge in [-0.2, -0.15) is 5.10 Å². The Balaban J connectivity index is 1.65. The van der Waals surface area contributed by atoms with Crippen molar-refractivity contribution in [3.63, 3.8) is 0 Å². The number of ether oxygens (including phenoxy) is 1. The monoisotopic (exact) mass is 371 g/mol. The van der Waals surface area contributed by atoms with Gasteiger partial charge in [0.05, 0.1) is 12.8 Å². The number of phenolic OH excluding ortho intramolecular Hbond substituents is 1. The van der Waals surface area contributed by atoms with E-state index < -0.39 is 5.82 Å². The van der Waals surface area contributed by atoms with Crippen LogP contribution in [0.15, 0.2) is 41.7 Å². The van der Waals surface area contributed by atoms with Gasteiger partial charge in [-0.1, -0.05) is 0 Å². The molecule has 9 heteroatoms. The number of benzene rings is 1. The van der Waals surface area contributed by atoms with Crippen molar-refractivity contribution in [1.29, 1.82) is 0 Å². The molecule has 3 aromatic rings. The molecule has 0 saturated carbocycles. The predicted octanol–water partition coefficient (Wildman–Crippen LogP) is 1.35. The van der Waals surface area contributed by atoms with Crippen molar-refractivity contribution in [2.45, 2.75) is 12.6 Å². The van der Waals surface area contributed by atoms with Crippen LogP contribution in [0.25, 0.3) is 5.65 Å². The van der Waals surface area contributed by atoms with Gasteiger partial charge in [0, 0.05) is 25.4 Å². The van der Waals surface area contributed by atoms with Crippen molar-refractivity contribution in [3.05, 3.63) is 53.6 Å². The van der Waals surface area contributed by atoms with E-state index in [9.17, 15) is 14.6 Å². The number of hydrogen-bond donors (Lipinski definition) is 2. The lowest BCUT2D eigenvalue weighted by molar-refractivity contribution is 0.227. The van der Waals surface area contributed by atoms with Crippen LogP contribution in [-0.4, -0.2) is 57.0 Å². The largest absolute Gasteiger partial charge is 0.508 e. The lowest BCUT2D eigenvalue weighted by Gasteiger charge is -2.19. The topological polar surface area (TPSA) is 95.5 Å². The Hall–Kier alpha value is -3.20. The molecular formula is C18H18FN5O3. The molecule has 0 saturated heterocycles. The van der Waals surface area contributed by atoms with Crippen molar-refractivity contribution in [3.8, 4) is 5.75 Å². The molecule has 1 unspecified atom stereocenters. The number of aliphatic hydroxyl groups is 1. The quantitative estimate of drug-likeness (QED) is 0.703. The zero-order valence-corrected chi connectivity index (χ0v) is 14.6. The Morgan fingerprint density at radius 3 is 3.00 bits per heavy atom. The third-order valence-electron chi connectivity index (χ3n) is 4.35. The Labute approximate surface area is 154 Å². The fourth-order valence-electron chi connectivity index (χ4n) is 2.90. The van der Waals surface area contributed by atoms with E-state index in [1.54, 1.807) is 34.9 Å². The van der Waals surface area contributed by atoms with Gasteiger partial charge >= 0.3 is 0 Å². The van der Waals surface area contributed by atoms with Gasteiger partial charge in [-0.3, -0.25) is 0 Å². The van der Waals surface area contributed by atoms with Gasteiger partial charge in [-0.05, 0) is 24.3 Å². The van der Waals surface area contributed by atoms with Gasteiger partial charge in [-0.15, -0.1) is 0 Å². The van der Waals surface area contributed by atoms with E-state index in [1.165, 1.54) is 18.2 Å². The van der Waals surface area contributed by atoms with Gasteiger partial charge in [0.15, 0.2) is 5.65 Å². The maximum Gasteiger partial charge on any atom is 0.222 e. The molecule has 2 aromatic heterocycles. The molecule has 27 heavy (non-hydrogen) atoms.